The van der Waals surface area contributed by atoms with Crippen LogP contribution in [0.1, 0.15) is 19.6 Å². The van der Waals surface area contributed by atoms with Gasteiger partial charge in [-0.1, -0.05) is 18.2 Å². The van der Waals surface area contributed by atoms with E-state index in [0.717, 1.165) is 16.3 Å². The number of aromatic hydroxyl groups is 1. The third-order valence-corrected chi connectivity index (χ3v) is 4.10. The number of aliphatic hydroxyl groups is 1. The van der Waals surface area contributed by atoms with Crippen LogP contribution in [0.25, 0.3) is 32.6 Å². The van der Waals surface area contributed by atoms with Crippen LogP contribution in [0.3, 0.4) is 0 Å². The highest BCUT2D eigenvalue weighted by Crippen LogP contribution is 2.37. The first-order valence-electron chi connectivity index (χ1n) is 7.29. The van der Waals surface area contributed by atoms with Crippen LogP contribution in [0.15, 0.2) is 45.6 Å². The molecule has 0 aliphatic carbocycles. The van der Waals surface area contributed by atoms with Crippen molar-refractivity contribution in [3.8, 4) is 5.75 Å². The summed E-state index contributed by atoms with van der Waals surface area (Å²) in [6.45, 7) is 3.12. The fraction of sp³-hybridized carbons (Fsp3) is 0.167. The van der Waals surface area contributed by atoms with Gasteiger partial charge in [0.15, 0.2) is 0 Å². The molecule has 0 aliphatic rings. The molecular formula is C18H15NO4. The summed E-state index contributed by atoms with van der Waals surface area (Å²) in [6.07, 6.45) is 0. The number of fused-ring (bicyclic) bond motifs is 5. The Kier molecular flexibility index (Phi) is 2.63. The largest absolute Gasteiger partial charge is 0.506 e. The monoisotopic (exact) mass is 309 g/mol. The van der Waals surface area contributed by atoms with E-state index in [-0.39, 0.29) is 16.9 Å². The van der Waals surface area contributed by atoms with Crippen molar-refractivity contribution in [2.45, 2.75) is 19.4 Å². The van der Waals surface area contributed by atoms with Crippen LogP contribution in [-0.4, -0.2) is 15.2 Å². The van der Waals surface area contributed by atoms with E-state index >= 15 is 0 Å². The average molecular weight is 309 g/mol. The lowest BCUT2D eigenvalue weighted by Crippen LogP contribution is -2.18. The van der Waals surface area contributed by atoms with Gasteiger partial charge in [0.2, 0.25) is 0 Å². The summed E-state index contributed by atoms with van der Waals surface area (Å²) >= 11 is 0. The highest BCUT2D eigenvalue weighted by molar-refractivity contribution is 6.21. The molecule has 5 nitrogen and oxygen atoms in total. The second-order valence-electron chi connectivity index (χ2n) is 6.23. The highest BCUT2D eigenvalue weighted by Gasteiger charge is 2.23. The first-order valence-corrected chi connectivity index (χ1v) is 7.29. The maximum Gasteiger partial charge on any atom is 0.344 e. The lowest BCUT2D eigenvalue weighted by atomic mass is 10.00. The second-order valence-corrected chi connectivity index (χ2v) is 6.23. The predicted molar refractivity (Wildman–Crippen MR) is 88.8 cm³/mol. The van der Waals surface area contributed by atoms with Crippen molar-refractivity contribution in [1.29, 1.82) is 0 Å². The lowest BCUT2D eigenvalue weighted by Gasteiger charge is -2.16. The topological polar surface area (TPSA) is 86.5 Å². The summed E-state index contributed by atoms with van der Waals surface area (Å²) in [7, 11) is 0. The Morgan fingerprint density at radius 2 is 1.83 bits per heavy atom. The summed E-state index contributed by atoms with van der Waals surface area (Å²) < 4.78 is 5.22. The molecule has 0 spiro atoms. The first-order chi connectivity index (χ1) is 10.9. The van der Waals surface area contributed by atoms with Crippen molar-refractivity contribution in [1.82, 2.24) is 4.98 Å². The molecule has 4 rings (SSSR count). The van der Waals surface area contributed by atoms with E-state index in [2.05, 4.69) is 4.98 Å². The van der Waals surface area contributed by atoms with Gasteiger partial charge in [-0.15, -0.1) is 0 Å². The van der Waals surface area contributed by atoms with Crippen LogP contribution in [0.5, 0.6) is 5.75 Å². The molecular weight excluding hydrogens is 294 g/mol. The number of nitrogens with one attached hydrogen (secondary N) is 1. The third kappa shape index (κ3) is 1.94. The molecule has 5 heteroatoms. The average Bonchev–Trinajstić information content (AvgIpc) is 2.88. The number of hydrogen-bond acceptors (Lipinski definition) is 4. The van der Waals surface area contributed by atoms with E-state index in [1.807, 2.05) is 24.3 Å². The molecule has 4 aromatic rings. The number of hydrogen-bond donors (Lipinski definition) is 3. The van der Waals surface area contributed by atoms with Gasteiger partial charge in [-0.3, -0.25) is 0 Å². The van der Waals surface area contributed by atoms with Crippen LogP contribution in [0, 0.1) is 0 Å². The van der Waals surface area contributed by atoms with E-state index in [1.54, 1.807) is 19.9 Å². The summed E-state index contributed by atoms with van der Waals surface area (Å²) in [5, 5.41) is 23.0. The van der Waals surface area contributed by atoms with E-state index < -0.39 is 11.2 Å². The molecule has 0 radical (unpaired) electrons. The molecule has 0 saturated heterocycles. The standard InChI is InChI=1S/C18H15NO4/c1-18(2,22)14-8-10-11(17(21)23-14)7-13(20)16-15(10)9-5-3-4-6-12(9)19-16/h3-8,19-20,22H,1-2H3. The fourth-order valence-electron chi connectivity index (χ4n) is 2.97. The smallest absolute Gasteiger partial charge is 0.344 e. The normalized spacial score (nSPS) is 12.5. The van der Waals surface area contributed by atoms with Gasteiger partial charge in [-0.05, 0) is 32.0 Å². The van der Waals surface area contributed by atoms with Crippen LogP contribution in [0.2, 0.25) is 0 Å². The number of para-hydroxylation sites is 1. The van der Waals surface area contributed by atoms with E-state index in [0.29, 0.717) is 10.9 Å². The molecule has 0 amide bonds. The quantitative estimate of drug-likeness (QED) is 0.503. The lowest BCUT2D eigenvalue weighted by molar-refractivity contribution is 0.0512. The predicted octanol–water partition coefficient (Wildman–Crippen LogP) is 3.36. The van der Waals surface area contributed by atoms with Crippen molar-refractivity contribution in [3.05, 3.63) is 52.6 Å². The molecule has 23 heavy (non-hydrogen) atoms. The Bertz CT molecular complexity index is 1130. The summed E-state index contributed by atoms with van der Waals surface area (Å²) in [4.78, 5) is 15.5. The Balaban J connectivity index is 2.31. The zero-order chi connectivity index (χ0) is 16.4. The van der Waals surface area contributed by atoms with E-state index in [9.17, 15) is 15.0 Å². The van der Waals surface area contributed by atoms with Crippen molar-refractivity contribution in [2.24, 2.45) is 0 Å². The van der Waals surface area contributed by atoms with Crippen LogP contribution < -0.4 is 5.63 Å². The number of phenols is 1. The maximum atomic E-state index is 12.3. The van der Waals surface area contributed by atoms with Gasteiger partial charge in [-0.2, -0.15) is 0 Å². The molecule has 3 N–H and O–H groups in total. The van der Waals surface area contributed by atoms with Crippen LogP contribution >= 0.6 is 0 Å². The number of rotatable bonds is 1. The fourth-order valence-corrected chi connectivity index (χ4v) is 2.97. The zero-order valence-corrected chi connectivity index (χ0v) is 12.7. The zero-order valence-electron chi connectivity index (χ0n) is 12.7. The Hall–Kier alpha value is -2.79. The number of H-pyrrole nitrogens is 1. The molecule has 0 unspecified atom stereocenters. The SMILES string of the molecule is CC(C)(O)c1cc2c(cc(O)c3[nH]c4ccccc4c32)c(=O)o1. The molecule has 0 bridgehead atoms. The number of benzene rings is 2. The number of aromatic nitrogens is 1. The van der Waals surface area contributed by atoms with Gasteiger partial charge in [0, 0.05) is 21.7 Å². The van der Waals surface area contributed by atoms with Crippen molar-refractivity contribution in [3.63, 3.8) is 0 Å². The summed E-state index contributed by atoms with van der Waals surface area (Å²) in [5.41, 5.74) is -0.430. The van der Waals surface area contributed by atoms with E-state index in [4.69, 9.17) is 4.42 Å². The Morgan fingerprint density at radius 1 is 1.09 bits per heavy atom. The van der Waals surface area contributed by atoms with Crippen molar-refractivity contribution < 1.29 is 14.6 Å². The maximum absolute atomic E-state index is 12.3. The van der Waals surface area contributed by atoms with Crippen LogP contribution in [0.4, 0.5) is 0 Å². The van der Waals surface area contributed by atoms with Crippen molar-refractivity contribution in [2.75, 3.05) is 0 Å². The number of aromatic amines is 1. The first kappa shape index (κ1) is 13.8. The van der Waals surface area contributed by atoms with Gasteiger partial charge < -0.3 is 19.6 Å². The molecule has 0 saturated carbocycles. The molecule has 116 valence electrons. The minimum absolute atomic E-state index is 0.00740. The summed E-state index contributed by atoms with van der Waals surface area (Å²) in [5.74, 6) is 0.180. The highest BCUT2D eigenvalue weighted by atomic mass is 16.4. The van der Waals surface area contributed by atoms with E-state index in [1.165, 1.54) is 6.07 Å². The van der Waals surface area contributed by atoms with Gasteiger partial charge in [-0.25, -0.2) is 4.79 Å². The third-order valence-electron chi connectivity index (χ3n) is 4.10. The molecule has 2 aromatic carbocycles. The Labute approximate surface area is 130 Å². The molecule has 0 aliphatic heterocycles. The molecule has 2 heterocycles. The van der Waals surface area contributed by atoms with Gasteiger partial charge in [0.05, 0.1) is 10.9 Å². The Morgan fingerprint density at radius 3 is 2.57 bits per heavy atom. The molecule has 2 aromatic heterocycles. The molecule has 0 atom stereocenters. The second kappa shape index (κ2) is 4.36. The van der Waals surface area contributed by atoms with Gasteiger partial charge >= 0.3 is 5.63 Å². The summed E-state index contributed by atoms with van der Waals surface area (Å²) in [6, 6.07) is 10.7. The van der Waals surface area contributed by atoms with Crippen LogP contribution in [-0.2, 0) is 5.60 Å². The van der Waals surface area contributed by atoms with Gasteiger partial charge in [0.1, 0.15) is 17.1 Å². The minimum Gasteiger partial charge on any atom is -0.506 e. The molecule has 0 fully saturated rings. The van der Waals surface area contributed by atoms with Crippen molar-refractivity contribution >= 4 is 32.6 Å². The number of phenolic OH excluding ortho intramolecular Hbond substituents is 1. The van der Waals surface area contributed by atoms with Gasteiger partial charge in [0.25, 0.3) is 0 Å². The minimum atomic E-state index is -1.27.